The maximum atomic E-state index is 12.5. The molecule has 0 fully saturated rings. The van der Waals surface area contributed by atoms with E-state index in [0.29, 0.717) is 27.8 Å². The van der Waals surface area contributed by atoms with E-state index in [1.54, 1.807) is 26.2 Å². The molecule has 0 bridgehead atoms. The summed E-state index contributed by atoms with van der Waals surface area (Å²) in [5, 5.41) is 46.8. The molecule has 0 saturated heterocycles. The second-order valence-electron chi connectivity index (χ2n) is 36.3. The van der Waals surface area contributed by atoms with Crippen LogP contribution in [0.2, 0.25) is 0 Å². The molecule has 0 unspecified atom stereocenters. The third-order valence-electron chi connectivity index (χ3n) is 26.5. The Labute approximate surface area is 821 Å². The summed E-state index contributed by atoms with van der Waals surface area (Å²) in [5.41, 5.74) is 42.9. The topological polar surface area (TPSA) is 319 Å². The van der Waals surface area contributed by atoms with Gasteiger partial charge in [-0.05, 0) is 308 Å². The van der Waals surface area contributed by atoms with Crippen molar-refractivity contribution in [1.29, 1.82) is 0 Å². The van der Waals surface area contributed by atoms with Crippen molar-refractivity contribution in [2.24, 2.45) is 5.73 Å². The number of aromatic amines is 5. The molecule has 0 spiro atoms. The molecule has 10 heterocycles. The molecule has 17 aromatic rings. The molecule has 5 aliphatic heterocycles. The highest BCUT2D eigenvalue weighted by atomic mass is 16.2. The van der Waals surface area contributed by atoms with Gasteiger partial charge in [0.05, 0.1) is 30.0 Å². The number of carbonyl (C=O) groups is 5. The van der Waals surface area contributed by atoms with Crippen molar-refractivity contribution in [2.75, 3.05) is 82.0 Å². The van der Waals surface area contributed by atoms with E-state index in [2.05, 4.69) is 212 Å². The van der Waals surface area contributed by atoms with E-state index in [1.165, 1.54) is 101 Å². The van der Waals surface area contributed by atoms with Crippen molar-refractivity contribution in [1.82, 2.24) is 61.6 Å². The number of benzene rings is 12. The SMILES string of the molecule is CNC(=O)c1ccc(CN2CCCc3cc(-c4cc(C)[nH]n4)ccc32)cc1.CNC(=O)c1ccc(CN2CCCc3cc(-c4cn[nH]c4)ccc32)cc1.Cc1cc(-c2ccc3c(c2)CCCN3Cc2ccc(C(=O)Nc3ccccc3)cc2)n[nH]1.NC(=O)c1ccc(CN2CCCc3cc(-c4cn[nH]c4)ccc32)cc1.O=C(Nc1ccccc1)c1ccc(CN2CCCc3cc(-c4cn[nH]c4)ccc32)cc1. The van der Waals surface area contributed by atoms with Gasteiger partial charge in [-0.1, -0.05) is 127 Å². The van der Waals surface area contributed by atoms with Crippen molar-refractivity contribution < 1.29 is 24.0 Å². The average molecular weight is 1870 g/mol. The molecule has 25 heteroatoms. The lowest BCUT2D eigenvalue weighted by atomic mass is 9.97. The second-order valence-corrected chi connectivity index (χ2v) is 36.3. The Balaban J connectivity index is 0.000000117. The standard InChI is InChI=1S/C27H26N4O.C26H24N4O.C22H24N4O.C21H22N4O.C20H20N4O/c1-19-16-25(30-29-19)22-13-14-26-23(17-22)6-5-15-31(26)18-20-9-11-21(12-10-20)27(32)28-24-7-3-2-4-8-24;31-26(29-24-6-2-1-3-7-24)20-10-8-19(9-11-20)18-30-14-4-5-22-15-21(12-13-25(22)30)23-16-27-28-17-23;1-15-12-20(25-24-15)18-9-10-21-19(13-18)4-3-11-26(21)14-16-5-7-17(8-6-16)22(27)23-2;1-22-21(26)16-6-4-15(5-7-16)14-25-10-2-3-18-11-17(8-9-20(18)25)19-12-23-24-13-19;21-20(25)15-5-3-14(4-6-15)13-24-9-1-2-17-10-16(7-8-19(17)24)18-11-22-23-12-18/h2-4,7-14,16-17H,5-6,15,18H2,1H3,(H,28,32)(H,29,30);1-3,6-13,15-17H,4-5,14,18H2,(H,27,28)(H,29,31);5-10,12-13H,3-4,11,14H2,1-2H3,(H,23,27)(H,24,25);4-9,11-13H,2-3,10,14H2,1H3,(H,22,26)(H,23,24);3-8,10-12H,1-2,9,13H2,(H2,21,25)(H,22,23). The number of para-hydroxylation sites is 2. The third kappa shape index (κ3) is 23.8. The van der Waals surface area contributed by atoms with Gasteiger partial charge in [0.2, 0.25) is 5.91 Å². The number of H-pyrrole nitrogens is 5. The highest BCUT2D eigenvalue weighted by Gasteiger charge is 2.26. The first-order valence-corrected chi connectivity index (χ1v) is 48.3. The number of hydrogen-bond donors (Lipinski definition) is 10. The first kappa shape index (κ1) is 94.4. The summed E-state index contributed by atoms with van der Waals surface area (Å²) < 4.78 is 0. The zero-order chi connectivity index (χ0) is 96.9. The smallest absolute Gasteiger partial charge is 0.255 e. The summed E-state index contributed by atoms with van der Waals surface area (Å²) >= 11 is 0. The number of nitrogens with one attached hydrogen (secondary N) is 9. The monoisotopic (exact) mass is 1870 g/mol. The van der Waals surface area contributed by atoms with E-state index in [-0.39, 0.29) is 29.5 Å². The molecular formula is C116H116N20O5. The van der Waals surface area contributed by atoms with Gasteiger partial charge in [0.25, 0.3) is 23.6 Å². The van der Waals surface area contributed by atoms with Crippen molar-refractivity contribution >= 4 is 69.3 Å². The Kier molecular flexibility index (Phi) is 30.1. The lowest BCUT2D eigenvalue weighted by Crippen LogP contribution is -2.28. The largest absolute Gasteiger partial charge is 0.367 e. The van der Waals surface area contributed by atoms with E-state index in [4.69, 9.17) is 5.73 Å². The number of fused-ring (bicyclic) bond motifs is 5. The number of nitrogens with zero attached hydrogens (tertiary/aromatic N) is 10. The minimum absolute atomic E-state index is 0.0494. The Hall–Kier alpha value is -17.0. The van der Waals surface area contributed by atoms with Crippen LogP contribution in [0.25, 0.3) is 55.9 Å². The van der Waals surface area contributed by atoms with Gasteiger partial charge in [-0.3, -0.25) is 49.5 Å². The van der Waals surface area contributed by atoms with E-state index < -0.39 is 0 Å². The third-order valence-corrected chi connectivity index (χ3v) is 26.5. The maximum absolute atomic E-state index is 12.5. The highest BCUT2D eigenvalue weighted by molar-refractivity contribution is 6.05. The predicted octanol–water partition coefficient (Wildman–Crippen LogP) is 21.1. The van der Waals surface area contributed by atoms with Crippen LogP contribution in [0.1, 0.15) is 151 Å². The Morgan fingerprint density at radius 3 is 0.794 bits per heavy atom. The van der Waals surface area contributed by atoms with Gasteiger partial charge < -0.3 is 51.5 Å². The number of nitrogens with two attached hydrogens (primary N) is 1. The fourth-order valence-corrected chi connectivity index (χ4v) is 19.1. The van der Waals surface area contributed by atoms with Gasteiger partial charge in [-0.15, -0.1) is 0 Å². The van der Waals surface area contributed by atoms with E-state index in [1.807, 2.05) is 209 Å². The molecule has 25 nitrogen and oxygen atoms in total. The number of carbonyl (C=O) groups excluding carboxylic acids is 5. The number of rotatable bonds is 22. The van der Waals surface area contributed by atoms with E-state index in [0.717, 1.165) is 192 Å². The van der Waals surface area contributed by atoms with Gasteiger partial charge in [-0.2, -0.15) is 25.5 Å². The van der Waals surface area contributed by atoms with Gasteiger partial charge in [0, 0.05) is 205 Å². The van der Waals surface area contributed by atoms with Crippen LogP contribution in [0.3, 0.4) is 0 Å². The van der Waals surface area contributed by atoms with E-state index in [9.17, 15) is 24.0 Å². The van der Waals surface area contributed by atoms with Crippen LogP contribution in [-0.4, -0.2) is 127 Å². The van der Waals surface area contributed by atoms with Crippen LogP contribution in [-0.2, 0) is 64.8 Å². The van der Waals surface area contributed by atoms with Crippen LogP contribution in [0.4, 0.5) is 39.8 Å². The van der Waals surface area contributed by atoms with Crippen LogP contribution in [0, 0.1) is 13.8 Å². The number of hydrogen-bond acceptors (Lipinski definition) is 15. The molecule has 0 atom stereocenters. The number of amides is 5. The van der Waals surface area contributed by atoms with Crippen LogP contribution < -0.4 is 51.5 Å². The van der Waals surface area contributed by atoms with Crippen molar-refractivity contribution in [3.05, 3.63) is 417 Å². The predicted molar refractivity (Wildman–Crippen MR) is 563 cm³/mol. The fraction of sp³-hybridized carbons (Fsp3) is 0.207. The van der Waals surface area contributed by atoms with Gasteiger partial charge >= 0.3 is 0 Å². The average Bonchev–Trinajstić information content (AvgIpc) is 1.57. The van der Waals surface area contributed by atoms with Gasteiger partial charge in [0.15, 0.2) is 0 Å². The number of aromatic nitrogens is 10. The first-order valence-electron chi connectivity index (χ1n) is 48.3. The first-order chi connectivity index (χ1) is 69.0. The van der Waals surface area contributed by atoms with Crippen LogP contribution in [0.15, 0.2) is 322 Å². The molecule has 710 valence electrons. The molecule has 5 aromatic heterocycles. The molecule has 22 rings (SSSR count). The molecule has 12 aromatic carbocycles. The van der Waals surface area contributed by atoms with Crippen LogP contribution in [0.5, 0.6) is 0 Å². The zero-order valence-corrected chi connectivity index (χ0v) is 79.8. The molecule has 0 radical (unpaired) electrons. The quantitative estimate of drug-likeness (QED) is 0.0302. The second kappa shape index (κ2) is 44.9. The van der Waals surface area contributed by atoms with E-state index >= 15 is 0 Å². The van der Waals surface area contributed by atoms with Gasteiger partial charge in [0.1, 0.15) is 0 Å². The van der Waals surface area contributed by atoms with Crippen LogP contribution >= 0.6 is 0 Å². The molecule has 11 N–H and O–H groups in total. The molecule has 5 amide bonds. The maximum Gasteiger partial charge on any atom is 0.255 e. The number of aryl methyl sites for hydroxylation is 7. The summed E-state index contributed by atoms with van der Waals surface area (Å²) in [5.74, 6) is -0.667. The summed E-state index contributed by atoms with van der Waals surface area (Å²) in [6.07, 6.45) is 22.5. The minimum Gasteiger partial charge on any atom is -0.367 e. The summed E-state index contributed by atoms with van der Waals surface area (Å²) in [7, 11) is 3.30. The molecular weight excluding hydrogens is 1750 g/mol. The lowest BCUT2D eigenvalue weighted by molar-refractivity contribution is 0.0955. The zero-order valence-electron chi connectivity index (χ0n) is 79.8. The number of primary amides is 1. The summed E-state index contributed by atoms with van der Waals surface area (Å²) in [4.78, 5) is 71.7. The fourth-order valence-electron chi connectivity index (χ4n) is 19.1. The highest BCUT2D eigenvalue weighted by Crippen LogP contribution is 2.39. The molecule has 141 heavy (non-hydrogen) atoms. The van der Waals surface area contributed by atoms with Gasteiger partial charge in [-0.25, -0.2) is 0 Å². The molecule has 5 aliphatic rings. The minimum atomic E-state index is -0.387. The Morgan fingerprint density at radius 2 is 0.553 bits per heavy atom. The number of anilines is 7. The molecule has 0 saturated carbocycles. The van der Waals surface area contributed by atoms with Crippen molar-refractivity contribution in [3.8, 4) is 55.9 Å². The Bertz CT molecular complexity index is 7110. The summed E-state index contributed by atoms with van der Waals surface area (Å²) in [6.45, 7) is 13.4. The lowest BCUT2D eigenvalue weighted by Gasteiger charge is -2.32. The normalized spacial score (nSPS) is 13.2. The molecule has 0 aliphatic carbocycles. The Morgan fingerprint density at radius 1 is 0.298 bits per heavy atom. The van der Waals surface area contributed by atoms with Crippen molar-refractivity contribution in [3.63, 3.8) is 0 Å². The van der Waals surface area contributed by atoms with Crippen molar-refractivity contribution in [2.45, 2.75) is 111 Å². The summed E-state index contributed by atoms with van der Waals surface area (Å²) in [6, 6.07) is 95.5.